The van der Waals surface area contributed by atoms with Crippen LogP contribution in [0, 0.1) is 0 Å². The molecule has 0 saturated carbocycles. The van der Waals surface area contributed by atoms with Crippen molar-refractivity contribution in [3.8, 4) is 17.2 Å². The summed E-state index contributed by atoms with van der Waals surface area (Å²) in [5.74, 6) is 1.01. The lowest BCUT2D eigenvalue weighted by molar-refractivity contribution is -0.117. The molecule has 1 amide bonds. The van der Waals surface area contributed by atoms with Crippen LogP contribution in [0.1, 0.15) is 6.42 Å². The van der Waals surface area contributed by atoms with Gasteiger partial charge in [0.05, 0.1) is 28.0 Å². The van der Waals surface area contributed by atoms with Crippen LogP contribution in [-0.4, -0.2) is 45.0 Å². The van der Waals surface area contributed by atoms with Crippen LogP contribution >= 0.6 is 11.3 Å². The van der Waals surface area contributed by atoms with Gasteiger partial charge in [-0.15, -0.1) is 6.58 Å². The van der Waals surface area contributed by atoms with Crippen molar-refractivity contribution < 1.29 is 27.4 Å². The highest BCUT2D eigenvalue weighted by Gasteiger charge is 2.18. The number of methoxy groups -OCH3 is 1. The fourth-order valence-corrected chi connectivity index (χ4v) is 5.58. The van der Waals surface area contributed by atoms with Crippen molar-refractivity contribution in [1.82, 2.24) is 4.57 Å². The molecule has 2 aromatic carbocycles. The molecule has 0 N–H and O–H groups in total. The monoisotopic (exact) mass is 474 g/mol. The number of amides is 1. The molecule has 1 aliphatic rings. The average Bonchev–Trinajstić information content (AvgIpc) is 3.12. The summed E-state index contributed by atoms with van der Waals surface area (Å²) in [6.45, 7) is 5.17. The largest absolute Gasteiger partial charge is 0.497 e. The average molecular weight is 475 g/mol. The van der Waals surface area contributed by atoms with Crippen molar-refractivity contribution >= 4 is 37.3 Å². The molecular weight excluding hydrogens is 452 g/mol. The van der Waals surface area contributed by atoms with E-state index in [1.54, 1.807) is 18.2 Å². The van der Waals surface area contributed by atoms with Gasteiger partial charge in [0.25, 0.3) is 0 Å². The van der Waals surface area contributed by atoms with Crippen LogP contribution in [-0.2, 0) is 21.2 Å². The fourth-order valence-electron chi connectivity index (χ4n) is 3.28. The van der Waals surface area contributed by atoms with Gasteiger partial charge in [0.15, 0.2) is 26.1 Å². The first-order chi connectivity index (χ1) is 15.4. The number of allylic oxidation sites excluding steroid dienone is 1. The normalized spacial score (nSPS) is 13.8. The molecule has 32 heavy (non-hydrogen) atoms. The molecule has 2 heterocycles. The number of thiazole rings is 1. The van der Waals surface area contributed by atoms with Gasteiger partial charge in [-0.05, 0) is 24.3 Å². The van der Waals surface area contributed by atoms with Gasteiger partial charge in [-0.25, -0.2) is 8.42 Å². The molecule has 0 fully saturated rings. The zero-order valence-electron chi connectivity index (χ0n) is 17.4. The first-order valence-electron chi connectivity index (χ1n) is 9.89. The minimum Gasteiger partial charge on any atom is -0.497 e. The van der Waals surface area contributed by atoms with E-state index in [0.717, 1.165) is 10.2 Å². The molecule has 0 saturated heterocycles. The third-order valence-corrected chi connectivity index (χ3v) is 7.66. The predicted octanol–water partition coefficient (Wildman–Crippen LogP) is 2.96. The van der Waals surface area contributed by atoms with Crippen molar-refractivity contribution in [2.45, 2.75) is 17.9 Å². The molecule has 1 aromatic heterocycles. The second kappa shape index (κ2) is 9.17. The molecule has 4 rings (SSSR count). The summed E-state index contributed by atoms with van der Waals surface area (Å²) in [4.78, 5) is 17.3. The highest BCUT2D eigenvalue weighted by Crippen LogP contribution is 2.35. The molecular formula is C22H22N2O6S2. The Morgan fingerprint density at radius 2 is 1.91 bits per heavy atom. The van der Waals surface area contributed by atoms with E-state index in [9.17, 15) is 13.2 Å². The van der Waals surface area contributed by atoms with Crippen molar-refractivity contribution in [1.29, 1.82) is 0 Å². The number of benzene rings is 2. The van der Waals surface area contributed by atoms with Crippen molar-refractivity contribution in [3.05, 3.63) is 53.9 Å². The summed E-state index contributed by atoms with van der Waals surface area (Å²) in [5, 5.41) is 0. The summed E-state index contributed by atoms with van der Waals surface area (Å²) >= 11 is 1.33. The number of fused-ring (bicyclic) bond motifs is 2. The standard InChI is InChI=1S/C22H22N2O6S2/c1-3-9-24-17-13-18-19(30-11-10-29-18)14-20(17)31-22(24)23-21(25)8-12-32(26,27)16-6-4-15(28-2)5-7-16/h3-7,13-14H,1,8-12H2,2H3. The maximum Gasteiger partial charge on any atom is 0.249 e. The number of rotatable bonds is 7. The highest BCUT2D eigenvalue weighted by molar-refractivity contribution is 7.91. The molecule has 0 spiro atoms. The van der Waals surface area contributed by atoms with Gasteiger partial charge in [-0.3, -0.25) is 4.79 Å². The van der Waals surface area contributed by atoms with Gasteiger partial charge in [-0.1, -0.05) is 17.4 Å². The van der Waals surface area contributed by atoms with Crippen LogP contribution in [0.2, 0.25) is 0 Å². The van der Waals surface area contributed by atoms with E-state index < -0.39 is 15.7 Å². The van der Waals surface area contributed by atoms with Crippen LogP contribution in [0.5, 0.6) is 17.2 Å². The third kappa shape index (κ3) is 4.56. The van der Waals surface area contributed by atoms with E-state index >= 15 is 0 Å². The maximum atomic E-state index is 12.6. The van der Waals surface area contributed by atoms with Gasteiger partial charge >= 0.3 is 0 Å². The van der Waals surface area contributed by atoms with E-state index in [0.29, 0.717) is 41.8 Å². The minimum absolute atomic E-state index is 0.139. The van der Waals surface area contributed by atoms with Crippen molar-refractivity contribution in [2.24, 2.45) is 4.99 Å². The summed E-state index contributed by atoms with van der Waals surface area (Å²) in [6, 6.07) is 9.80. The maximum absolute atomic E-state index is 12.6. The van der Waals surface area contributed by atoms with Crippen molar-refractivity contribution in [2.75, 3.05) is 26.1 Å². The lowest BCUT2D eigenvalue weighted by Crippen LogP contribution is -2.18. The Hall–Kier alpha value is -3.11. The Morgan fingerprint density at radius 3 is 2.56 bits per heavy atom. The lowest BCUT2D eigenvalue weighted by atomic mass is 10.2. The number of hydrogen-bond donors (Lipinski definition) is 0. The molecule has 168 valence electrons. The van der Waals surface area contributed by atoms with Crippen LogP contribution in [0.4, 0.5) is 0 Å². The first kappa shape index (κ1) is 22.1. The van der Waals surface area contributed by atoms with E-state index in [2.05, 4.69) is 11.6 Å². The van der Waals surface area contributed by atoms with E-state index in [1.165, 1.54) is 30.6 Å². The smallest absolute Gasteiger partial charge is 0.249 e. The number of sulfone groups is 1. The van der Waals surface area contributed by atoms with Gasteiger partial charge < -0.3 is 18.8 Å². The van der Waals surface area contributed by atoms with Gasteiger partial charge in [0, 0.05) is 25.1 Å². The second-order valence-corrected chi connectivity index (χ2v) is 10.1. The molecule has 3 aromatic rings. The van der Waals surface area contributed by atoms with Crippen LogP contribution < -0.4 is 19.0 Å². The van der Waals surface area contributed by atoms with Crippen LogP contribution in [0.3, 0.4) is 0 Å². The number of carbonyl (C=O) groups is 1. The predicted molar refractivity (Wildman–Crippen MR) is 121 cm³/mol. The molecule has 0 bridgehead atoms. The zero-order valence-corrected chi connectivity index (χ0v) is 19.1. The van der Waals surface area contributed by atoms with E-state index in [4.69, 9.17) is 14.2 Å². The number of aromatic nitrogens is 1. The molecule has 0 aliphatic carbocycles. The molecule has 0 atom stereocenters. The Labute approximate surface area is 189 Å². The van der Waals surface area contributed by atoms with Gasteiger partial charge in [0.2, 0.25) is 5.91 Å². The molecule has 0 radical (unpaired) electrons. The highest BCUT2D eigenvalue weighted by atomic mass is 32.2. The van der Waals surface area contributed by atoms with Crippen molar-refractivity contribution in [3.63, 3.8) is 0 Å². The SMILES string of the molecule is C=CCn1c(=NC(=O)CCS(=O)(=O)c2ccc(OC)cc2)sc2cc3c(cc21)OCCO3. The Balaban J connectivity index is 1.59. The summed E-state index contributed by atoms with van der Waals surface area (Å²) < 4.78 is 44.2. The van der Waals surface area contributed by atoms with Crippen LogP contribution in [0.15, 0.2) is 58.9 Å². The summed E-state index contributed by atoms with van der Waals surface area (Å²) in [5.41, 5.74) is 0.844. The quantitative estimate of drug-likeness (QED) is 0.489. The zero-order chi connectivity index (χ0) is 22.7. The molecule has 10 heteroatoms. The van der Waals surface area contributed by atoms with Crippen LogP contribution in [0.25, 0.3) is 10.2 Å². The second-order valence-electron chi connectivity index (χ2n) is 7.00. The Morgan fingerprint density at radius 1 is 1.22 bits per heavy atom. The number of carbonyl (C=O) groups excluding carboxylic acids is 1. The van der Waals surface area contributed by atoms with Gasteiger partial charge in [0.1, 0.15) is 19.0 Å². The Kier molecular flexibility index (Phi) is 6.33. The number of ether oxygens (including phenoxy) is 3. The van der Waals surface area contributed by atoms with Gasteiger partial charge in [-0.2, -0.15) is 4.99 Å². The summed E-state index contributed by atoms with van der Waals surface area (Å²) in [7, 11) is -2.11. The first-order valence-corrected chi connectivity index (χ1v) is 12.4. The van der Waals surface area contributed by atoms with E-state index in [-0.39, 0.29) is 17.1 Å². The number of hydrogen-bond acceptors (Lipinski definition) is 7. The number of nitrogens with zero attached hydrogens (tertiary/aromatic N) is 2. The molecule has 1 aliphatic heterocycles. The minimum atomic E-state index is -3.62. The fraction of sp³-hybridized carbons (Fsp3) is 0.273. The lowest BCUT2D eigenvalue weighted by Gasteiger charge is -2.18. The Bertz CT molecular complexity index is 1340. The van der Waals surface area contributed by atoms with E-state index in [1.807, 2.05) is 16.7 Å². The summed E-state index contributed by atoms with van der Waals surface area (Å²) in [6.07, 6.45) is 1.49. The molecule has 8 nitrogen and oxygen atoms in total. The third-order valence-electron chi connectivity index (χ3n) is 4.88. The molecule has 0 unspecified atom stereocenters. The topological polar surface area (TPSA) is 96.2 Å².